The van der Waals surface area contributed by atoms with Crippen molar-refractivity contribution in [2.75, 3.05) is 0 Å². The van der Waals surface area contributed by atoms with Crippen molar-refractivity contribution in [2.24, 2.45) is 0 Å². The van der Waals surface area contributed by atoms with Crippen LogP contribution < -0.4 is 13.3 Å². The Hall–Kier alpha value is -2.23. The van der Waals surface area contributed by atoms with Gasteiger partial charge in [-0.3, -0.25) is 0 Å². The van der Waals surface area contributed by atoms with Crippen LogP contribution in [0.3, 0.4) is 0 Å². The fourth-order valence-electron chi connectivity index (χ4n) is 3.27. The monoisotopic (exact) mass is 408 g/mol. The SMILES string of the molecule is Cc1c[c]([Al]([c]2cc(C)c(F)cc2F)[c]2cc(F)cc(F)c2C)c(F)cc1F. The lowest BCUT2D eigenvalue weighted by atomic mass is 10.2. The van der Waals surface area contributed by atoms with E-state index in [2.05, 4.69) is 0 Å². The minimum absolute atomic E-state index is 0.0306. The molecule has 0 aliphatic heterocycles. The van der Waals surface area contributed by atoms with Gasteiger partial charge in [0, 0.05) is 18.2 Å². The van der Waals surface area contributed by atoms with Gasteiger partial charge in [-0.05, 0) is 43.5 Å². The Morgan fingerprint density at radius 2 is 0.964 bits per heavy atom. The van der Waals surface area contributed by atoms with Crippen LogP contribution in [0.4, 0.5) is 26.3 Å². The van der Waals surface area contributed by atoms with E-state index in [1.807, 2.05) is 0 Å². The van der Waals surface area contributed by atoms with Crippen LogP contribution in [-0.2, 0) is 0 Å². The van der Waals surface area contributed by atoms with Gasteiger partial charge >= 0.3 is 14.1 Å². The number of rotatable bonds is 3. The molecule has 0 saturated heterocycles. The van der Waals surface area contributed by atoms with Gasteiger partial charge < -0.3 is 0 Å². The van der Waals surface area contributed by atoms with Gasteiger partial charge in [-0.15, -0.1) is 0 Å². The Kier molecular flexibility index (Phi) is 5.60. The highest BCUT2D eigenvalue weighted by atomic mass is 27.2. The number of halogens is 6. The Balaban J connectivity index is 2.40. The minimum atomic E-state index is -3.14. The molecule has 7 heteroatoms. The van der Waals surface area contributed by atoms with Gasteiger partial charge in [-0.2, -0.15) is 0 Å². The summed E-state index contributed by atoms with van der Waals surface area (Å²) in [7, 11) is 0. The normalized spacial score (nSPS) is 11.0. The second-order valence-electron chi connectivity index (χ2n) is 6.78. The largest absolute Gasteiger partial charge is 0.393 e. The van der Waals surface area contributed by atoms with Crippen molar-refractivity contribution in [3.63, 3.8) is 0 Å². The molecule has 3 aromatic rings. The van der Waals surface area contributed by atoms with Gasteiger partial charge in [0.15, 0.2) is 0 Å². The van der Waals surface area contributed by atoms with E-state index in [0.717, 1.165) is 6.07 Å². The summed E-state index contributed by atoms with van der Waals surface area (Å²) in [6.45, 7) is 4.21. The first kappa shape index (κ1) is 20.5. The van der Waals surface area contributed by atoms with Gasteiger partial charge in [0.1, 0.15) is 34.9 Å². The van der Waals surface area contributed by atoms with Crippen LogP contribution >= 0.6 is 0 Å². The van der Waals surface area contributed by atoms with Gasteiger partial charge in [0.2, 0.25) is 0 Å². The zero-order chi connectivity index (χ0) is 20.7. The van der Waals surface area contributed by atoms with Crippen LogP contribution in [0.2, 0.25) is 0 Å². The first-order chi connectivity index (χ1) is 13.1. The van der Waals surface area contributed by atoms with E-state index in [4.69, 9.17) is 0 Å². The molecule has 3 aromatic carbocycles. The summed E-state index contributed by atoms with van der Waals surface area (Å²) in [4.78, 5) is 0. The smallest absolute Gasteiger partial charge is 0.208 e. The molecule has 0 unspecified atom stereocenters. The predicted molar refractivity (Wildman–Crippen MR) is 97.9 cm³/mol. The maximum Gasteiger partial charge on any atom is 0.393 e. The lowest BCUT2D eigenvalue weighted by Crippen LogP contribution is -2.56. The highest BCUT2D eigenvalue weighted by Gasteiger charge is 2.34. The molecule has 0 N–H and O–H groups in total. The molecule has 0 spiro atoms. The molecule has 0 nitrogen and oxygen atoms in total. The summed E-state index contributed by atoms with van der Waals surface area (Å²) in [6, 6.07) is 5.51. The van der Waals surface area contributed by atoms with Crippen LogP contribution in [0.1, 0.15) is 16.7 Å². The number of hydrogen-bond acceptors (Lipinski definition) is 0. The van der Waals surface area contributed by atoms with Gasteiger partial charge in [0.05, 0.1) is 0 Å². The topological polar surface area (TPSA) is 0 Å². The van der Waals surface area contributed by atoms with Crippen LogP contribution in [0, 0.1) is 55.7 Å². The average molecular weight is 408 g/mol. The first-order valence-electron chi connectivity index (χ1n) is 8.46. The van der Waals surface area contributed by atoms with Crippen molar-refractivity contribution < 1.29 is 26.3 Å². The minimum Gasteiger partial charge on any atom is -0.208 e. The van der Waals surface area contributed by atoms with Crippen LogP contribution in [0.25, 0.3) is 0 Å². The highest BCUT2D eigenvalue weighted by Crippen LogP contribution is 2.14. The van der Waals surface area contributed by atoms with Gasteiger partial charge in [0.25, 0.3) is 0 Å². The van der Waals surface area contributed by atoms with E-state index in [0.29, 0.717) is 18.2 Å². The quantitative estimate of drug-likeness (QED) is 0.455. The molecular weight excluding hydrogens is 393 g/mol. The van der Waals surface area contributed by atoms with Crippen LogP contribution in [0.15, 0.2) is 36.4 Å². The highest BCUT2D eigenvalue weighted by molar-refractivity contribution is 6.95. The third-order valence-corrected chi connectivity index (χ3v) is 8.19. The van der Waals surface area contributed by atoms with Crippen molar-refractivity contribution in [1.82, 2.24) is 0 Å². The fourth-order valence-corrected chi connectivity index (χ4v) is 6.72. The molecule has 28 heavy (non-hydrogen) atoms. The molecule has 0 heterocycles. The molecule has 144 valence electrons. The molecule has 0 atom stereocenters. The molecule has 0 aliphatic carbocycles. The second-order valence-corrected chi connectivity index (χ2v) is 9.51. The van der Waals surface area contributed by atoms with E-state index in [1.165, 1.54) is 32.9 Å². The molecule has 3 rings (SSSR count). The Bertz CT molecular complexity index is 1020. The molecule has 0 radical (unpaired) electrons. The lowest BCUT2D eigenvalue weighted by Gasteiger charge is -2.19. The summed E-state index contributed by atoms with van der Waals surface area (Å²) >= 11 is -3.14. The van der Waals surface area contributed by atoms with Crippen molar-refractivity contribution >= 4 is 27.4 Å². The zero-order valence-electron chi connectivity index (χ0n) is 15.3. The number of hydrogen-bond donors (Lipinski definition) is 0. The summed E-state index contributed by atoms with van der Waals surface area (Å²) < 4.78 is 85.1. The Morgan fingerprint density at radius 3 is 1.43 bits per heavy atom. The molecular formula is C21H15AlF6. The maximum atomic E-state index is 14.7. The summed E-state index contributed by atoms with van der Waals surface area (Å²) in [5.41, 5.74) is 0.270. The van der Waals surface area contributed by atoms with E-state index >= 15 is 0 Å². The van der Waals surface area contributed by atoms with Crippen molar-refractivity contribution in [1.29, 1.82) is 0 Å². The summed E-state index contributed by atoms with van der Waals surface area (Å²) in [5.74, 6) is -5.20. The van der Waals surface area contributed by atoms with E-state index < -0.39 is 49.1 Å². The maximum absolute atomic E-state index is 14.7. The molecule has 0 amide bonds. The van der Waals surface area contributed by atoms with Crippen LogP contribution in [-0.4, -0.2) is 14.1 Å². The predicted octanol–water partition coefficient (Wildman–Crippen LogP) is 3.96. The first-order valence-corrected chi connectivity index (χ1v) is 10.2. The van der Waals surface area contributed by atoms with Crippen LogP contribution in [0.5, 0.6) is 0 Å². The lowest BCUT2D eigenvalue weighted by molar-refractivity contribution is 0.577. The van der Waals surface area contributed by atoms with Crippen molar-refractivity contribution in [2.45, 2.75) is 20.8 Å². The summed E-state index contributed by atoms with van der Waals surface area (Å²) in [6.07, 6.45) is 0. The Morgan fingerprint density at radius 1 is 0.500 bits per heavy atom. The summed E-state index contributed by atoms with van der Waals surface area (Å²) in [5, 5.41) is 0. The third kappa shape index (κ3) is 3.69. The van der Waals surface area contributed by atoms with E-state index in [-0.39, 0.29) is 30.0 Å². The van der Waals surface area contributed by atoms with Gasteiger partial charge in [-0.25, -0.2) is 26.3 Å². The molecule has 0 aliphatic rings. The van der Waals surface area contributed by atoms with E-state index in [9.17, 15) is 26.3 Å². The van der Waals surface area contributed by atoms with Crippen molar-refractivity contribution in [3.05, 3.63) is 88.0 Å². The molecule has 0 saturated carbocycles. The Labute approximate surface area is 162 Å². The molecule has 0 bridgehead atoms. The molecule has 0 fully saturated rings. The second kappa shape index (κ2) is 7.65. The number of aryl methyl sites for hydroxylation is 2. The van der Waals surface area contributed by atoms with E-state index in [1.54, 1.807) is 0 Å². The van der Waals surface area contributed by atoms with Gasteiger partial charge in [-0.1, -0.05) is 25.4 Å². The molecule has 0 aromatic heterocycles. The fraction of sp³-hybridized carbons (Fsp3) is 0.143. The average Bonchev–Trinajstić information content (AvgIpc) is 2.61. The van der Waals surface area contributed by atoms with Crippen molar-refractivity contribution in [3.8, 4) is 0 Å². The zero-order valence-corrected chi connectivity index (χ0v) is 16.5. The standard InChI is InChI=1S/3C7H5F2.Al/c3*1-5-2-3-6(8)4-7(5)9;/h3-4H,1H3;2*2,4H,1H3;. The number of benzene rings is 3. The third-order valence-electron chi connectivity index (χ3n) is 4.84.